The Morgan fingerprint density at radius 1 is 1.14 bits per heavy atom. The maximum atomic E-state index is 5.85. The van der Waals surface area contributed by atoms with Gasteiger partial charge in [-0.15, -0.1) is 0 Å². The van der Waals surface area contributed by atoms with Crippen LogP contribution in [0.4, 0.5) is 0 Å². The molecule has 0 amide bonds. The van der Waals surface area contributed by atoms with Gasteiger partial charge in [-0.25, -0.2) is 5.43 Å². The van der Waals surface area contributed by atoms with Crippen molar-refractivity contribution in [2.75, 3.05) is 0 Å². The maximum Gasteiger partial charge on any atom is 0.0727 e. The third-order valence-corrected chi connectivity index (χ3v) is 4.86. The fourth-order valence-corrected chi connectivity index (χ4v) is 3.46. The summed E-state index contributed by atoms with van der Waals surface area (Å²) in [5, 5.41) is 2.26. The molecule has 3 nitrogen and oxygen atoms in total. The Balaban J connectivity index is 2.21. The number of nitrogens with two attached hydrogens (primary N) is 1. The molecule has 0 fully saturated rings. The maximum absolute atomic E-state index is 5.85. The predicted molar refractivity (Wildman–Crippen MR) is 97.8 cm³/mol. The Morgan fingerprint density at radius 3 is 2.81 bits per heavy atom. The van der Waals surface area contributed by atoms with E-state index in [1.165, 1.54) is 3.57 Å². The predicted octanol–water partition coefficient (Wildman–Crippen LogP) is 4.15. The Bertz CT molecular complexity index is 786. The van der Waals surface area contributed by atoms with Crippen molar-refractivity contribution in [2.24, 2.45) is 5.84 Å². The van der Waals surface area contributed by atoms with Crippen LogP contribution >= 0.6 is 38.5 Å². The molecular weight excluding hydrogens is 441 g/mol. The van der Waals surface area contributed by atoms with Gasteiger partial charge in [0.25, 0.3) is 0 Å². The van der Waals surface area contributed by atoms with Gasteiger partial charge in [-0.3, -0.25) is 10.8 Å². The number of rotatable bonds is 3. The van der Waals surface area contributed by atoms with Gasteiger partial charge in [-0.2, -0.15) is 0 Å². The van der Waals surface area contributed by atoms with E-state index in [9.17, 15) is 0 Å². The van der Waals surface area contributed by atoms with E-state index < -0.39 is 0 Å². The van der Waals surface area contributed by atoms with Crippen LogP contribution in [0.25, 0.3) is 10.8 Å². The van der Waals surface area contributed by atoms with Crippen molar-refractivity contribution in [3.8, 4) is 0 Å². The van der Waals surface area contributed by atoms with Crippen molar-refractivity contribution in [1.82, 2.24) is 10.4 Å². The van der Waals surface area contributed by atoms with Gasteiger partial charge in [0.15, 0.2) is 0 Å². The molecule has 0 spiro atoms. The molecule has 0 saturated carbocycles. The van der Waals surface area contributed by atoms with E-state index in [-0.39, 0.29) is 6.04 Å². The summed E-state index contributed by atoms with van der Waals surface area (Å²) in [4.78, 5) is 4.24. The molecule has 0 aliphatic rings. The smallest absolute Gasteiger partial charge is 0.0727 e. The van der Waals surface area contributed by atoms with Crippen LogP contribution in [0, 0.1) is 3.57 Å². The van der Waals surface area contributed by atoms with Crippen LogP contribution in [-0.4, -0.2) is 4.98 Å². The summed E-state index contributed by atoms with van der Waals surface area (Å²) in [5.74, 6) is 5.85. The summed E-state index contributed by atoms with van der Waals surface area (Å²) in [6.45, 7) is 0. The second-order valence-corrected chi connectivity index (χ2v) is 6.81. The first kappa shape index (κ1) is 14.9. The number of fused-ring (bicyclic) bond motifs is 1. The number of benzene rings is 2. The lowest BCUT2D eigenvalue weighted by Crippen LogP contribution is -2.29. The SMILES string of the molecule is NNC(c1cc(I)ccc1Br)c1cccc2ccncc12. The largest absolute Gasteiger partial charge is 0.271 e. The van der Waals surface area contributed by atoms with E-state index in [0.29, 0.717) is 0 Å². The van der Waals surface area contributed by atoms with Crippen LogP contribution in [0.2, 0.25) is 0 Å². The van der Waals surface area contributed by atoms with Crippen LogP contribution in [0.15, 0.2) is 59.3 Å². The van der Waals surface area contributed by atoms with Gasteiger partial charge < -0.3 is 0 Å². The molecule has 21 heavy (non-hydrogen) atoms. The topological polar surface area (TPSA) is 50.9 Å². The molecule has 0 aliphatic heterocycles. The molecule has 1 atom stereocenters. The normalized spacial score (nSPS) is 12.5. The van der Waals surface area contributed by atoms with Crippen molar-refractivity contribution in [1.29, 1.82) is 0 Å². The fourth-order valence-electron chi connectivity index (χ4n) is 2.47. The average molecular weight is 454 g/mol. The summed E-state index contributed by atoms with van der Waals surface area (Å²) in [7, 11) is 0. The minimum Gasteiger partial charge on any atom is -0.271 e. The molecule has 2 aromatic carbocycles. The quantitative estimate of drug-likeness (QED) is 0.355. The number of nitrogens with zero attached hydrogens (tertiary/aromatic N) is 1. The number of hydrazine groups is 1. The molecule has 1 aromatic heterocycles. The minimum absolute atomic E-state index is 0.0954. The first-order chi connectivity index (χ1) is 10.2. The van der Waals surface area contributed by atoms with Crippen LogP contribution in [0.3, 0.4) is 0 Å². The summed E-state index contributed by atoms with van der Waals surface area (Å²) in [5.41, 5.74) is 5.16. The highest BCUT2D eigenvalue weighted by Crippen LogP contribution is 2.32. The molecule has 106 valence electrons. The molecular formula is C16H13BrIN3. The van der Waals surface area contributed by atoms with Crippen LogP contribution in [0.1, 0.15) is 17.2 Å². The van der Waals surface area contributed by atoms with Crippen LogP contribution < -0.4 is 11.3 Å². The zero-order chi connectivity index (χ0) is 14.8. The second kappa shape index (κ2) is 6.39. The lowest BCUT2D eigenvalue weighted by Gasteiger charge is -2.20. The first-order valence-corrected chi connectivity index (χ1v) is 8.31. The summed E-state index contributed by atoms with van der Waals surface area (Å²) in [6.07, 6.45) is 3.69. The highest BCUT2D eigenvalue weighted by atomic mass is 127. The van der Waals surface area contributed by atoms with E-state index in [1.807, 2.05) is 24.4 Å². The number of aromatic nitrogens is 1. The molecule has 1 heterocycles. The van der Waals surface area contributed by atoms with E-state index >= 15 is 0 Å². The monoisotopic (exact) mass is 453 g/mol. The summed E-state index contributed by atoms with van der Waals surface area (Å²) < 4.78 is 2.20. The Hall–Kier alpha value is -1.02. The Kier molecular flexibility index (Phi) is 4.54. The third kappa shape index (κ3) is 2.96. The van der Waals surface area contributed by atoms with Crippen molar-refractivity contribution < 1.29 is 0 Å². The second-order valence-electron chi connectivity index (χ2n) is 4.71. The highest BCUT2D eigenvalue weighted by molar-refractivity contribution is 14.1. The van der Waals surface area contributed by atoms with E-state index in [4.69, 9.17) is 5.84 Å². The lowest BCUT2D eigenvalue weighted by molar-refractivity contribution is 0.638. The number of hydrogen-bond donors (Lipinski definition) is 2. The van der Waals surface area contributed by atoms with Crippen LogP contribution in [0.5, 0.6) is 0 Å². The van der Waals surface area contributed by atoms with E-state index in [2.05, 4.69) is 73.2 Å². The van der Waals surface area contributed by atoms with Gasteiger partial charge in [0.2, 0.25) is 0 Å². The van der Waals surface area contributed by atoms with Gasteiger partial charge in [0.05, 0.1) is 6.04 Å². The molecule has 3 aromatic rings. The Labute approximate surface area is 145 Å². The Morgan fingerprint density at radius 2 is 2.00 bits per heavy atom. The van der Waals surface area contributed by atoms with Gasteiger partial charge in [0, 0.05) is 25.8 Å². The van der Waals surface area contributed by atoms with Crippen molar-refractivity contribution in [3.05, 3.63) is 74.0 Å². The highest BCUT2D eigenvalue weighted by Gasteiger charge is 2.18. The summed E-state index contributed by atoms with van der Waals surface area (Å²) in [6, 6.07) is 14.4. The van der Waals surface area contributed by atoms with E-state index in [1.54, 1.807) is 6.20 Å². The molecule has 0 radical (unpaired) electrons. The van der Waals surface area contributed by atoms with Gasteiger partial charge in [-0.05, 0) is 63.4 Å². The van der Waals surface area contributed by atoms with Crippen LogP contribution in [-0.2, 0) is 0 Å². The van der Waals surface area contributed by atoms with Crippen molar-refractivity contribution >= 4 is 49.3 Å². The molecule has 5 heteroatoms. The van der Waals surface area contributed by atoms with Gasteiger partial charge in [-0.1, -0.05) is 34.1 Å². The average Bonchev–Trinajstić information content (AvgIpc) is 2.51. The zero-order valence-corrected chi connectivity index (χ0v) is 14.8. The fraction of sp³-hybridized carbons (Fsp3) is 0.0625. The number of halogens is 2. The molecule has 0 bridgehead atoms. The zero-order valence-electron chi connectivity index (χ0n) is 11.1. The molecule has 3 N–H and O–H groups in total. The van der Waals surface area contributed by atoms with E-state index in [0.717, 1.165) is 26.4 Å². The van der Waals surface area contributed by atoms with Crippen molar-refractivity contribution in [3.63, 3.8) is 0 Å². The summed E-state index contributed by atoms with van der Waals surface area (Å²) >= 11 is 5.93. The number of hydrogen-bond acceptors (Lipinski definition) is 3. The number of nitrogens with one attached hydrogen (secondary N) is 1. The lowest BCUT2D eigenvalue weighted by atomic mass is 9.95. The number of pyridine rings is 1. The standard InChI is InChI=1S/C16H13BrIN3/c17-15-5-4-11(18)8-13(15)16(21-19)12-3-1-2-10-6-7-20-9-14(10)12/h1-9,16,21H,19H2. The molecule has 0 aliphatic carbocycles. The molecule has 3 rings (SSSR count). The van der Waals surface area contributed by atoms with Gasteiger partial charge >= 0.3 is 0 Å². The first-order valence-electron chi connectivity index (χ1n) is 6.44. The third-order valence-electron chi connectivity index (χ3n) is 3.46. The molecule has 1 unspecified atom stereocenters. The van der Waals surface area contributed by atoms with Crippen molar-refractivity contribution in [2.45, 2.75) is 6.04 Å². The van der Waals surface area contributed by atoms with Gasteiger partial charge in [0.1, 0.15) is 0 Å². The molecule has 0 saturated heterocycles. The minimum atomic E-state index is -0.0954.